The number of hydrogen-bond donors (Lipinski definition) is 1. The van der Waals surface area contributed by atoms with Crippen LogP contribution in [0, 0.1) is 0 Å². The summed E-state index contributed by atoms with van der Waals surface area (Å²) in [5.74, 6) is 1.57. The van der Waals surface area contributed by atoms with Gasteiger partial charge in [0, 0.05) is 10.8 Å². The van der Waals surface area contributed by atoms with Crippen LogP contribution in [0.3, 0.4) is 0 Å². The minimum Gasteiger partial charge on any atom is -0.466 e. The van der Waals surface area contributed by atoms with Crippen LogP contribution < -0.4 is 5.32 Å². The van der Waals surface area contributed by atoms with E-state index in [0.29, 0.717) is 5.92 Å². The number of furan rings is 1. The van der Waals surface area contributed by atoms with Gasteiger partial charge in [-0.1, -0.05) is 6.92 Å². The van der Waals surface area contributed by atoms with Gasteiger partial charge < -0.3 is 9.73 Å². The van der Waals surface area contributed by atoms with Gasteiger partial charge in [-0.25, -0.2) is 0 Å². The predicted molar refractivity (Wildman–Crippen MR) is 87.4 cm³/mol. The van der Waals surface area contributed by atoms with Crippen LogP contribution in [0.2, 0.25) is 0 Å². The fourth-order valence-corrected chi connectivity index (χ4v) is 4.56. The third kappa shape index (κ3) is 2.74. The van der Waals surface area contributed by atoms with E-state index >= 15 is 0 Å². The molecular formula is C16H20BrNOS. The van der Waals surface area contributed by atoms with Crippen LogP contribution in [-0.4, -0.2) is 6.54 Å². The smallest absolute Gasteiger partial charge is 0.135 e. The maximum Gasteiger partial charge on any atom is 0.135 e. The standard InChI is InChI=1S/C16H20BrNOS/c1-2-8-18-15(16-13(17)6-9-19-16)12-4-3-5-14-11(12)7-10-20-14/h6-7,9-10,12,15,18H,2-5,8H2,1H3. The van der Waals surface area contributed by atoms with Gasteiger partial charge in [-0.15, -0.1) is 11.3 Å². The minimum atomic E-state index is 0.271. The quantitative estimate of drug-likeness (QED) is 0.792. The molecule has 1 N–H and O–H groups in total. The lowest BCUT2D eigenvalue weighted by Crippen LogP contribution is -2.29. The highest BCUT2D eigenvalue weighted by molar-refractivity contribution is 9.10. The molecule has 0 aliphatic heterocycles. The second-order valence-electron chi connectivity index (χ2n) is 5.36. The van der Waals surface area contributed by atoms with E-state index in [9.17, 15) is 0 Å². The third-order valence-corrected chi connectivity index (χ3v) is 5.69. The summed E-state index contributed by atoms with van der Waals surface area (Å²) in [5.41, 5.74) is 1.53. The number of halogens is 1. The molecule has 0 fully saturated rings. The lowest BCUT2D eigenvalue weighted by Gasteiger charge is -2.30. The zero-order valence-electron chi connectivity index (χ0n) is 11.7. The number of nitrogens with one attached hydrogen (secondary N) is 1. The highest BCUT2D eigenvalue weighted by atomic mass is 79.9. The Morgan fingerprint density at radius 2 is 2.40 bits per heavy atom. The molecule has 20 heavy (non-hydrogen) atoms. The number of hydrogen-bond acceptors (Lipinski definition) is 3. The summed E-state index contributed by atoms with van der Waals surface area (Å²) in [7, 11) is 0. The van der Waals surface area contributed by atoms with Crippen LogP contribution in [-0.2, 0) is 6.42 Å². The van der Waals surface area contributed by atoms with Gasteiger partial charge in [-0.05, 0) is 71.2 Å². The van der Waals surface area contributed by atoms with Crippen molar-refractivity contribution in [1.29, 1.82) is 0 Å². The summed E-state index contributed by atoms with van der Waals surface area (Å²) >= 11 is 5.53. The molecule has 2 nitrogen and oxygen atoms in total. The summed E-state index contributed by atoms with van der Waals surface area (Å²) in [5, 5.41) is 5.93. The summed E-state index contributed by atoms with van der Waals surface area (Å²) in [6.07, 6.45) is 6.66. The monoisotopic (exact) mass is 353 g/mol. The Morgan fingerprint density at radius 1 is 1.50 bits per heavy atom. The fourth-order valence-electron chi connectivity index (χ4n) is 3.11. The molecule has 0 amide bonds. The molecule has 2 aromatic heterocycles. The van der Waals surface area contributed by atoms with Crippen molar-refractivity contribution < 1.29 is 4.42 Å². The molecule has 0 radical (unpaired) electrons. The van der Waals surface area contributed by atoms with Crippen molar-refractivity contribution in [2.75, 3.05) is 6.54 Å². The maximum atomic E-state index is 5.76. The van der Waals surface area contributed by atoms with Gasteiger partial charge in [0.05, 0.1) is 16.8 Å². The second-order valence-corrected chi connectivity index (χ2v) is 7.22. The van der Waals surface area contributed by atoms with Gasteiger partial charge in [-0.3, -0.25) is 0 Å². The summed E-state index contributed by atoms with van der Waals surface area (Å²) < 4.78 is 6.84. The fraction of sp³-hybridized carbons (Fsp3) is 0.500. The van der Waals surface area contributed by atoms with Gasteiger partial charge in [0.25, 0.3) is 0 Å². The Morgan fingerprint density at radius 3 is 3.15 bits per heavy atom. The van der Waals surface area contributed by atoms with E-state index < -0.39 is 0 Å². The second kappa shape index (κ2) is 6.46. The highest BCUT2D eigenvalue weighted by Gasteiger charge is 2.32. The molecule has 2 heterocycles. The molecule has 4 heteroatoms. The van der Waals surface area contributed by atoms with E-state index in [2.05, 4.69) is 39.6 Å². The molecule has 108 valence electrons. The predicted octanol–water partition coefficient (Wildman–Crippen LogP) is 5.26. The SMILES string of the molecule is CCCNC(c1occc1Br)C1CCCc2sccc21. The van der Waals surface area contributed by atoms with Crippen molar-refractivity contribution in [3.05, 3.63) is 44.4 Å². The zero-order chi connectivity index (χ0) is 13.9. The first kappa shape index (κ1) is 14.4. The van der Waals surface area contributed by atoms with Crippen molar-refractivity contribution in [1.82, 2.24) is 5.32 Å². The number of aryl methyl sites for hydroxylation is 1. The molecule has 0 spiro atoms. The molecule has 2 unspecified atom stereocenters. The van der Waals surface area contributed by atoms with E-state index in [1.807, 2.05) is 17.4 Å². The first-order chi connectivity index (χ1) is 9.81. The first-order valence-corrected chi connectivity index (χ1v) is 9.01. The van der Waals surface area contributed by atoms with Crippen molar-refractivity contribution in [2.45, 2.75) is 44.6 Å². The maximum absolute atomic E-state index is 5.76. The molecular weight excluding hydrogens is 334 g/mol. The number of thiophene rings is 1. The molecule has 3 rings (SSSR count). The molecule has 0 bridgehead atoms. The van der Waals surface area contributed by atoms with Crippen LogP contribution in [0.25, 0.3) is 0 Å². The van der Waals surface area contributed by atoms with Crippen LogP contribution in [0.15, 0.2) is 32.7 Å². The summed E-state index contributed by atoms with van der Waals surface area (Å²) in [4.78, 5) is 1.56. The summed E-state index contributed by atoms with van der Waals surface area (Å²) in [6, 6.07) is 4.57. The molecule has 2 aromatic rings. The Labute approximate surface area is 132 Å². The van der Waals surface area contributed by atoms with Crippen molar-refractivity contribution in [3.8, 4) is 0 Å². The average Bonchev–Trinajstić information content (AvgIpc) is 3.09. The van der Waals surface area contributed by atoms with Gasteiger partial charge in [0.2, 0.25) is 0 Å². The number of rotatable bonds is 5. The van der Waals surface area contributed by atoms with Gasteiger partial charge in [-0.2, -0.15) is 0 Å². The molecule has 1 aliphatic rings. The Balaban J connectivity index is 1.93. The molecule has 1 aliphatic carbocycles. The molecule has 2 atom stereocenters. The van der Waals surface area contributed by atoms with Crippen LogP contribution in [0.5, 0.6) is 0 Å². The van der Waals surface area contributed by atoms with E-state index in [-0.39, 0.29) is 6.04 Å². The zero-order valence-corrected chi connectivity index (χ0v) is 14.1. The Bertz CT molecular complexity index is 562. The molecule has 0 saturated heterocycles. The topological polar surface area (TPSA) is 25.2 Å². The Hall–Kier alpha value is -0.580. The van der Waals surface area contributed by atoms with Crippen molar-refractivity contribution in [2.24, 2.45) is 0 Å². The van der Waals surface area contributed by atoms with Gasteiger partial charge in [0.15, 0.2) is 0 Å². The molecule has 0 saturated carbocycles. The summed E-state index contributed by atoms with van der Waals surface area (Å²) in [6.45, 7) is 3.23. The van der Waals surface area contributed by atoms with E-state index in [1.54, 1.807) is 11.1 Å². The normalized spacial score (nSPS) is 19.8. The van der Waals surface area contributed by atoms with E-state index in [4.69, 9.17) is 4.42 Å². The van der Waals surface area contributed by atoms with Gasteiger partial charge >= 0.3 is 0 Å². The van der Waals surface area contributed by atoms with E-state index in [1.165, 1.54) is 24.8 Å². The lowest BCUT2D eigenvalue weighted by molar-refractivity contribution is 0.341. The Kier molecular flexibility index (Phi) is 4.64. The van der Waals surface area contributed by atoms with Crippen LogP contribution in [0.1, 0.15) is 54.3 Å². The first-order valence-electron chi connectivity index (χ1n) is 7.33. The van der Waals surface area contributed by atoms with Crippen LogP contribution in [0.4, 0.5) is 0 Å². The minimum absolute atomic E-state index is 0.271. The largest absolute Gasteiger partial charge is 0.466 e. The van der Waals surface area contributed by atoms with E-state index in [0.717, 1.165) is 23.2 Å². The highest BCUT2D eigenvalue weighted by Crippen LogP contribution is 2.44. The number of fused-ring (bicyclic) bond motifs is 1. The van der Waals surface area contributed by atoms with Crippen molar-refractivity contribution >= 4 is 27.3 Å². The average molecular weight is 354 g/mol. The third-order valence-electron chi connectivity index (χ3n) is 4.04. The van der Waals surface area contributed by atoms with Crippen LogP contribution >= 0.6 is 27.3 Å². The van der Waals surface area contributed by atoms with Gasteiger partial charge in [0.1, 0.15) is 5.76 Å². The lowest BCUT2D eigenvalue weighted by atomic mass is 9.81. The van der Waals surface area contributed by atoms with Crippen molar-refractivity contribution in [3.63, 3.8) is 0 Å². The molecule has 0 aromatic carbocycles.